The Balaban J connectivity index is 1.55. The van der Waals surface area contributed by atoms with Crippen molar-refractivity contribution in [3.8, 4) is 0 Å². The van der Waals surface area contributed by atoms with Gasteiger partial charge in [0, 0.05) is 39.7 Å². The molecule has 9 heteroatoms. The fourth-order valence-corrected chi connectivity index (χ4v) is 4.74. The molecule has 0 bridgehead atoms. The van der Waals surface area contributed by atoms with Crippen LogP contribution in [0.25, 0.3) is 0 Å². The van der Waals surface area contributed by atoms with Crippen molar-refractivity contribution in [1.82, 2.24) is 30.0 Å². The minimum Gasteiger partial charge on any atom is -0.383 e. The normalized spacial score (nSPS) is 22.5. The average Bonchev–Trinajstić information content (AvgIpc) is 3.31. The molecule has 1 unspecified atom stereocenters. The molecule has 2 aromatic rings. The van der Waals surface area contributed by atoms with E-state index >= 15 is 0 Å². The zero-order valence-electron chi connectivity index (χ0n) is 18.3. The molecule has 2 aliphatic rings. The average molecular weight is 429 g/mol. The molecule has 0 radical (unpaired) electrons. The number of likely N-dealkylation sites (tertiary alicyclic amines) is 1. The first kappa shape index (κ1) is 21.9. The number of hydrogen-bond acceptors (Lipinski definition) is 7. The van der Waals surface area contributed by atoms with Crippen molar-refractivity contribution < 1.29 is 14.3 Å². The van der Waals surface area contributed by atoms with Crippen LogP contribution in [0.4, 0.5) is 0 Å². The molecule has 168 valence electrons. The van der Waals surface area contributed by atoms with Gasteiger partial charge in [-0.1, -0.05) is 30.3 Å². The predicted molar refractivity (Wildman–Crippen MR) is 114 cm³/mol. The third kappa shape index (κ3) is 4.94. The number of amides is 1. The first-order chi connectivity index (χ1) is 15.2. The molecule has 3 heterocycles. The fourth-order valence-electron chi connectivity index (χ4n) is 4.74. The first-order valence-electron chi connectivity index (χ1n) is 11.1. The molecule has 4 rings (SSSR count). The maximum atomic E-state index is 13.2. The molecule has 1 aromatic carbocycles. The fraction of sp³-hybridized carbons (Fsp3) is 0.636. The van der Waals surface area contributed by atoms with E-state index in [9.17, 15) is 4.79 Å². The Morgan fingerprint density at radius 2 is 2.00 bits per heavy atom. The zero-order valence-corrected chi connectivity index (χ0v) is 18.3. The summed E-state index contributed by atoms with van der Waals surface area (Å²) < 4.78 is 12.7. The lowest BCUT2D eigenvalue weighted by atomic mass is 9.85. The van der Waals surface area contributed by atoms with Gasteiger partial charge in [-0.05, 0) is 35.3 Å². The Labute approximate surface area is 183 Å². The molecule has 0 spiro atoms. The van der Waals surface area contributed by atoms with E-state index in [-0.39, 0.29) is 5.91 Å². The minimum atomic E-state index is -0.401. The summed E-state index contributed by atoms with van der Waals surface area (Å²) in [5.74, 6) is 1.02. The van der Waals surface area contributed by atoms with Crippen LogP contribution in [0.3, 0.4) is 0 Å². The molecular formula is C22H32N6O3. The second-order valence-corrected chi connectivity index (χ2v) is 8.25. The van der Waals surface area contributed by atoms with Crippen LogP contribution in [0.2, 0.25) is 0 Å². The first-order valence-corrected chi connectivity index (χ1v) is 11.1. The quantitative estimate of drug-likeness (QED) is 0.622. The molecule has 0 aliphatic carbocycles. The van der Waals surface area contributed by atoms with Gasteiger partial charge in [0.05, 0.1) is 26.4 Å². The highest BCUT2D eigenvalue weighted by atomic mass is 16.5. The molecule has 1 aromatic heterocycles. The highest BCUT2D eigenvalue weighted by molar-refractivity contribution is 5.76. The topological polar surface area (TPSA) is 85.6 Å². The maximum Gasteiger partial charge on any atom is 0.222 e. The largest absolute Gasteiger partial charge is 0.383 e. The Morgan fingerprint density at radius 1 is 1.19 bits per heavy atom. The minimum absolute atomic E-state index is 0.192. The van der Waals surface area contributed by atoms with Gasteiger partial charge in [-0.25, -0.2) is 4.68 Å². The van der Waals surface area contributed by atoms with Crippen LogP contribution in [-0.2, 0) is 32.8 Å². The molecule has 0 saturated carbocycles. The molecule has 2 saturated heterocycles. The number of ether oxygens (including phenoxy) is 2. The van der Waals surface area contributed by atoms with Gasteiger partial charge >= 0.3 is 0 Å². The second kappa shape index (κ2) is 10.3. The number of nitrogens with zero attached hydrogens (tertiary/aromatic N) is 6. The predicted octanol–water partition coefficient (Wildman–Crippen LogP) is 1.10. The van der Waals surface area contributed by atoms with E-state index in [1.807, 2.05) is 27.8 Å². The number of methoxy groups -OCH3 is 1. The highest BCUT2D eigenvalue weighted by Crippen LogP contribution is 2.37. The van der Waals surface area contributed by atoms with Crippen molar-refractivity contribution in [2.24, 2.45) is 0 Å². The SMILES string of the molecule is COCCn1nnnc1C1(N2CCOCC2)CCCN(C(=O)CCc2ccccc2)C1. The third-order valence-electron chi connectivity index (χ3n) is 6.37. The smallest absolute Gasteiger partial charge is 0.222 e. The Hall–Kier alpha value is -2.36. The number of aromatic nitrogens is 4. The van der Waals surface area contributed by atoms with Crippen LogP contribution in [0.1, 0.15) is 30.7 Å². The van der Waals surface area contributed by atoms with Gasteiger partial charge in [-0.2, -0.15) is 0 Å². The van der Waals surface area contributed by atoms with Crippen molar-refractivity contribution >= 4 is 5.91 Å². The molecule has 2 aliphatic heterocycles. The molecule has 9 nitrogen and oxygen atoms in total. The van der Waals surface area contributed by atoms with Crippen molar-refractivity contribution in [3.63, 3.8) is 0 Å². The zero-order chi connectivity index (χ0) is 21.5. The van der Waals surface area contributed by atoms with Crippen molar-refractivity contribution in [1.29, 1.82) is 0 Å². The van der Waals surface area contributed by atoms with Gasteiger partial charge in [0.15, 0.2) is 5.82 Å². The molecule has 0 N–H and O–H groups in total. The summed E-state index contributed by atoms with van der Waals surface area (Å²) >= 11 is 0. The number of carbonyl (C=O) groups excluding carboxylic acids is 1. The highest BCUT2D eigenvalue weighted by Gasteiger charge is 2.47. The number of hydrogen-bond donors (Lipinski definition) is 0. The number of carbonyl (C=O) groups is 1. The number of aryl methyl sites for hydroxylation is 1. The van der Waals surface area contributed by atoms with E-state index in [2.05, 4.69) is 32.6 Å². The number of tetrazole rings is 1. The summed E-state index contributed by atoms with van der Waals surface area (Å²) in [5.41, 5.74) is 0.789. The summed E-state index contributed by atoms with van der Waals surface area (Å²) in [6, 6.07) is 10.2. The Morgan fingerprint density at radius 3 is 2.77 bits per heavy atom. The summed E-state index contributed by atoms with van der Waals surface area (Å²) in [5, 5.41) is 12.7. The number of rotatable bonds is 8. The van der Waals surface area contributed by atoms with Gasteiger partial charge in [0.25, 0.3) is 0 Å². The Kier molecular flexibility index (Phi) is 7.26. The van der Waals surface area contributed by atoms with E-state index in [0.717, 1.165) is 44.7 Å². The van der Waals surface area contributed by atoms with Crippen LogP contribution in [0, 0.1) is 0 Å². The van der Waals surface area contributed by atoms with Crippen LogP contribution in [0.15, 0.2) is 30.3 Å². The number of morpholine rings is 1. The van der Waals surface area contributed by atoms with E-state index < -0.39 is 5.54 Å². The van der Waals surface area contributed by atoms with Crippen LogP contribution >= 0.6 is 0 Å². The van der Waals surface area contributed by atoms with Crippen LogP contribution in [-0.4, -0.2) is 89.0 Å². The molecule has 1 atom stereocenters. The van der Waals surface area contributed by atoms with Crippen LogP contribution in [0.5, 0.6) is 0 Å². The monoisotopic (exact) mass is 428 g/mol. The second-order valence-electron chi connectivity index (χ2n) is 8.25. The third-order valence-corrected chi connectivity index (χ3v) is 6.37. The van der Waals surface area contributed by atoms with Crippen molar-refractivity contribution in [2.45, 2.75) is 37.8 Å². The molecule has 1 amide bonds. The number of piperidine rings is 1. The van der Waals surface area contributed by atoms with E-state index in [0.29, 0.717) is 39.3 Å². The lowest BCUT2D eigenvalue weighted by Crippen LogP contribution is -2.61. The standard InChI is InChI=1S/C22H32N6O3/c1-30-15-14-28-21(23-24-25-28)22(27-12-16-31-17-13-27)10-5-11-26(18-22)20(29)9-8-19-6-3-2-4-7-19/h2-4,6-7H,5,8-18H2,1H3. The van der Waals surface area contributed by atoms with E-state index in [4.69, 9.17) is 9.47 Å². The van der Waals surface area contributed by atoms with Crippen molar-refractivity contribution in [2.75, 3.05) is 53.1 Å². The summed E-state index contributed by atoms with van der Waals surface area (Å²) in [7, 11) is 1.68. The summed E-state index contributed by atoms with van der Waals surface area (Å²) in [6.45, 7) is 5.50. The maximum absolute atomic E-state index is 13.2. The lowest BCUT2D eigenvalue weighted by molar-refractivity contribution is -0.138. The molecular weight excluding hydrogens is 396 g/mol. The lowest BCUT2D eigenvalue weighted by Gasteiger charge is -2.49. The molecule has 31 heavy (non-hydrogen) atoms. The summed E-state index contributed by atoms with van der Waals surface area (Å²) in [4.78, 5) is 17.6. The van der Waals surface area contributed by atoms with Gasteiger partial charge in [0.2, 0.25) is 5.91 Å². The summed E-state index contributed by atoms with van der Waals surface area (Å²) in [6.07, 6.45) is 3.11. The van der Waals surface area contributed by atoms with Gasteiger partial charge in [0.1, 0.15) is 5.54 Å². The van der Waals surface area contributed by atoms with Gasteiger partial charge in [-0.15, -0.1) is 5.10 Å². The molecule has 2 fully saturated rings. The van der Waals surface area contributed by atoms with E-state index in [1.165, 1.54) is 5.56 Å². The van der Waals surface area contributed by atoms with Gasteiger partial charge < -0.3 is 14.4 Å². The Bertz CT molecular complexity index is 839. The van der Waals surface area contributed by atoms with Crippen molar-refractivity contribution in [3.05, 3.63) is 41.7 Å². The van der Waals surface area contributed by atoms with E-state index in [1.54, 1.807) is 7.11 Å². The number of benzene rings is 1. The van der Waals surface area contributed by atoms with Gasteiger partial charge in [-0.3, -0.25) is 9.69 Å². The van der Waals surface area contributed by atoms with Crippen LogP contribution < -0.4 is 0 Å².